The summed E-state index contributed by atoms with van der Waals surface area (Å²) in [6, 6.07) is 1.14. The highest BCUT2D eigenvalue weighted by Gasteiger charge is 2.54. The van der Waals surface area contributed by atoms with Crippen LogP contribution >= 0.6 is 39.0 Å². The molecule has 2 atom stereocenters. The molecule has 43 heavy (non-hydrogen) atoms. The molecule has 0 aliphatic carbocycles. The number of carbonyl (C=O) groups excluding carboxylic acids is 3. The van der Waals surface area contributed by atoms with Gasteiger partial charge in [0.25, 0.3) is 17.7 Å². The molecule has 226 valence electrons. The number of hydrogen-bond acceptors (Lipinski definition) is 13. The van der Waals surface area contributed by atoms with Crippen LogP contribution in [0.2, 0.25) is 0 Å². The second-order valence-electron chi connectivity index (χ2n) is 8.82. The number of rotatable bonds is 11. The van der Waals surface area contributed by atoms with E-state index >= 15 is 0 Å². The number of carbonyl (C=O) groups is 5. The molecule has 2 aromatic rings. The number of fused-ring (bicyclic) bond motifs is 1. The maximum absolute atomic E-state index is 13.1. The van der Waals surface area contributed by atoms with Crippen molar-refractivity contribution in [3.05, 3.63) is 56.7 Å². The van der Waals surface area contributed by atoms with Gasteiger partial charge >= 0.3 is 11.9 Å². The number of benzene rings is 1. The number of nitrogens with one attached hydrogen (secondary N) is 2. The third-order valence-corrected chi connectivity index (χ3v) is 8.60. The molecular weight excluding hydrogens is 676 g/mol. The van der Waals surface area contributed by atoms with Crippen molar-refractivity contribution in [1.82, 2.24) is 20.5 Å². The fourth-order valence-corrected chi connectivity index (χ4v) is 6.21. The van der Waals surface area contributed by atoms with Crippen LogP contribution in [0.3, 0.4) is 0 Å². The van der Waals surface area contributed by atoms with Crippen LogP contribution in [0.4, 0.5) is 5.13 Å². The van der Waals surface area contributed by atoms with Crippen molar-refractivity contribution < 1.29 is 49.2 Å². The van der Waals surface area contributed by atoms with Gasteiger partial charge in [0, 0.05) is 23.2 Å². The van der Waals surface area contributed by atoms with Gasteiger partial charge in [-0.2, -0.15) is 0 Å². The summed E-state index contributed by atoms with van der Waals surface area (Å²) < 4.78 is 0.0714. The van der Waals surface area contributed by atoms with Crippen LogP contribution in [0.1, 0.15) is 16.1 Å². The summed E-state index contributed by atoms with van der Waals surface area (Å²) >= 11 is 5.15. The maximum Gasteiger partial charge on any atom is 0.352 e. The smallest absolute Gasteiger partial charge is 0.352 e. The summed E-state index contributed by atoms with van der Waals surface area (Å²) in [4.78, 5) is 71.8. The summed E-state index contributed by atoms with van der Waals surface area (Å²) in [6.07, 6.45) is 0. The van der Waals surface area contributed by atoms with E-state index in [0.29, 0.717) is 0 Å². The third-order valence-electron chi connectivity index (χ3n) is 5.98. The molecule has 1 aromatic heterocycles. The van der Waals surface area contributed by atoms with E-state index in [-0.39, 0.29) is 50.0 Å². The molecule has 1 unspecified atom stereocenters. The number of β-lactam (4-membered cyclic amide) rings is 1. The number of aromatic hydroxyl groups is 2. The first kappa shape index (κ1) is 31.3. The minimum absolute atomic E-state index is 0.000936. The summed E-state index contributed by atoms with van der Waals surface area (Å²) in [6.45, 7) is 2.50. The zero-order chi connectivity index (χ0) is 31.6. The summed E-state index contributed by atoms with van der Waals surface area (Å²) in [5, 5.41) is 47.6. The lowest BCUT2D eigenvalue weighted by atomic mass is 10.0. The van der Waals surface area contributed by atoms with Crippen molar-refractivity contribution in [2.45, 2.75) is 11.4 Å². The zero-order valence-corrected chi connectivity index (χ0v) is 24.8. The van der Waals surface area contributed by atoms with Gasteiger partial charge in [0.2, 0.25) is 0 Å². The average Bonchev–Trinajstić information content (AvgIpc) is 3.39. The van der Waals surface area contributed by atoms with Gasteiger partial charge in [0.15, 0.2) is 22.3 Å². The molecule has 0 saturated carbocycles. The Morgan fingerprint density at radius 3 is 2.58 bits per heavy atom. The van der Waals surface area contributed by atoms with E-state index in [0.717, 1.165) is 34.1 Å². The van der Waals surface area contributed by atoms with Crippen LogP contribution in [0, 0.1) is 0 Å². The molecule has 1 aromatic carbocycles. The van der Waals surface area contributed by atoms with Gasteiger partial charge in [0.1, 0.15) is 29.4 Å². The van der Waals surface area contributed by atoms with Crippen LogP contribution < -0.4 is 16.4 Å². The van der Waals surface area contributed by atoms with Crippen molar-refractivity contribution >= 4 is 79.5 Å². The number of thioether (sulfide) groups is 1. The van der Waals surface area contributed by atoms with Gasteiger partial charge in [-0.1, -0.05) is 11.7 Å². The second-order valence-corrected chi connectivity index (χ2v) is 11.7. The SMILES string of the molecule is C=C(CO/N=C(\C(=O)N[C@@H]1C(=O)N2C(C(=O)O)=C(CNC(=O)c3cc(O)c(O)c(Br)c3)CSC12)c1csc(N)n1)C(=O)O. The van der Waals surface area contributed by atoms with E-state index < -0.39 is 64.9 Å². The Labute approximate surface area is 258 Å². The van der Waals surface area contributed by atoms with E-state index in [9.17, 15) is 39.3 Å². The van der Waals surface area contributed by atoms with Gasteiger partial charge in [0.05, 0.1) is 10.0 Å². The van der Waals surface area contributed by atoms with E-state index in [1.807, 2.05) is 0 Å². The number of carboxylic acid groups (broad SMARTS) is 2. The van der Waals surface area contributed by atoms with Crippen LogP contribution in [0.5, 0.6) is 11.5 Å². The number of nitrogens with zero attached hydrogens (tertiary/aromatic N) is 3. The molecule has 19 heteroatoms. The van der Waals surface area contributed by atoms with Gasteiger partial charge in [-0.3, -0.25) is 19.3 Å². The molecule has 16 nitrogen and oxygen atoms in total. The number of aliphatic carboxylic acids is 2. The van der Waals surface area contributed by atoms with Crippen LogP contribution in [-0.4, -0.2) is 96.0 Å². The molecule has 3 amide bonds. The molecule has 1 saturated heterocycles. The molecule has 3 heterocycles. The predicted molar refractivity (Wildman–Crippen MR) is 155 cm³/mol. The number of oxime groups is 1. The molecule has 2 aliphatic rings. The maximum atomic E-state index is 13.1. The quantitative estimate of drug-likeness (QED) is 0.0554. The monoisotopic (exact) mass is 696 g/mol. The lowest BCUT2D eigenvalue weighted by Crippen LogP contribution is -2.71. The van der Waals surface area contributed by atoms with Gasteiger partial charge in [-0.25, -0.2) is 14.6 Å². The Morgan fingerprint density at radius 1 is 1.26 bits per heavy atom. The number of nitrogen functional groups attached to an aromatic ring is 1. The highest BCUT2D eigenvalue weighted by atomic mass is 79.9. The number of amides is 3. The average molecular weight is 698 g/mol. The number of nitrogens with two attached hydrogens (primary N) is 1. The third kappa shape index (κ3) is 6.57. The van der Waals surface area contributed by atoms with E-state index in [4.69, 9.17) is 15.7 Å². The largest absolute Gasteiger partial charge is 0.504 e. The van der Waals surface area contributed by atoms with Crippen molar-refractivity contribution in [3.63, 3.8) is 0 Å². The van der Waals surface area contributed by atoms with Crippen LogP contribution in [0.25, 0.3) is 0 Å². The van der Waals surface area contributed by atoms with Crippen LogP contribution in [-0.2, 0) is 24.0 Å². The Kier molecular flexibility index (Phi) is 9.26. The Bertz CT molecular complexity index is 1600. The normalized spacial score (nSPS) is 17.9. The van der Waals surface area contributed by atoms with Crippen molar-refractivity contribution in [3.8, 4) is 11.5 Å². The van der Waals surface area contributed by atoms with Crippen molar-refractivity contribution in [2.75, 3.05) is 24.6 Å². The van der Waals surface area contributed by atoms with Gasteiger partial charge in [-0.15, -0.1) is 23.1 Å². The highest BCUT2D eigenvalue weighted by Crippen LogP contribution is 2.40. The van der Waals surface area contributed by atoms with E-state index in [1.54, 1.807) is 0 Å². The van der Waals surface area contributed by atoms with E-state index in [1.165, 1.54) is 11.4 Å². The first-order chi connectivity index (χ1) is 20.3. The zero-order valence-electron chi connectivity index (χ0n) is 21.6. The van der Waals surface area contributed by atoms with Crippen LogP contribution in [0.15, 0.2) is 50.6 Å². The standard InChI is InChI=1S/C24H21BrN6O10S2/c1-8(22(37)38)5-41-30-14(12-7-43-24(26)28-12)19(35)29-15-20(36)31-16(23(39)40)10(6-42-21(15)31)4-27-18(34)9-2-11(25)17(33)13(32)3-9/h2-3,7,15,21,32-33H,1,4-6H2,(H2,26,28)(H,27,34)(H,29,35)(H,37,38)(H,39,40)/b30-14-/t15-,21?/m1/s1. The Hall–Kier alpha value is -4.62. The van der Waals surface area contributed by atoms with Gasteiger partial charge in [-0.05, 0) is 33.6 Å². The molecule has 8 N–H and O–H groups in total. The molecule has 4 rings (SSSR count). The van der Waals surface area contributed by atoms with Gasteiger partial charge < -0.3 is 41.6 Å². The van der Waals surface area contributed by atoms with Crippen molar-refractivity contribution in [2.24, 2.45) is 5.16 Å². The minimum Gasteiger partial charge on any atom is -0.504 e. The van der Waals surface area contributed by atoms with E-state index in [2.05, 4.69) is 43.3 Å². The lowest BCUT2D eigenvalue weighted by molar-refractivity contribution is -0.150. The fourth-order valence-electron chi connectivity index (χ4n) is 3.87. The second kappa shape index (κ2) is 12.7. The number of aromatic nitrogens is 1. The predicted octanol–water partition coefficient (Wildman–Crippen LogP) is 0.429. The molecule has 1 fully saturated rings. The number of carboxylic acids is 2. The Morgan fingerprint density at radius 2 is 1.98 bits per heavy atom. The minimum atomic E-state index is -1.43. The fraction of sp³-hybridized carbons (Fsp3) is 0.208. The number of phenolic OH excluding ortho intramolecular Hbond substituents is 2. The highest BCUT2D eigenvalue weighted by molar-refractivity contribution is 9.10. The first-order valence-corrected chi connectivity index (χ1v) is 14.5. The molecule has 0 bridgehead atoms. The number of hydrogen-bond donors (Lipinski definition) is 7. The topological polar surface area (TPSA) is 254 Å². The van der Waals surface area contributed by atoms with Crippen molar-refractivity contribution in [1.29, 1.82) is 0 Å². The first-order valence-electron chi connectivity index (χ1n) is 11.8. The molecular formula is C24H21BrN6O10S2. The number of anilines is 1. The molecule has 0 spiro atoms. The summed E-state index contributed by atoms with van der Waals surface area (Å²) in [5.41, 5.74) is 4.76. The Balaban J connectivity index is 1.48. The number of thiazole rings is 1. The summed E-state index contributed by atoms with van der Waals surface area (Å²) in [5.74, 6) is -5.99. The molecule has 0 radical (unpaired) electrons. The number of halogens is 1. The lowest BCUT2D eigenvalue weighted by Gasteiger charge is -2.49. The summed E-state index contributed by atoms with van der Waals surface area (Å²) in [7, 11) is 0. The number of phenols is 2. The molecule has 2 aliphatic heterocycles.